The third kappa shape index (κ3) is 5.19. The fraction of sp³-hybridized carbons (Fsp3) is 0.224. The monoisotopic (exact) mass is 788 g/mol. The van der Waals surface area contributed by atoms with Gasteiger partial charge in [0.2, 0.25) is 0 Å². The van der Waals surface area contributed by atoms with Gasteiger partial charge in [-0.25, -0.2) is 0 Å². The Kier molecular flexibility index (Phi) is 7.83. The van der Waals surface area contributed by atoms with Crippen molar-refractivity contribution in [3.8, 4) is 44.5 Å². The molecular weight excluding hydrogens is 741 g/mol. The van der Waals surface area contributed by atoms with E-state index in [1.54, 1.807) is 22.3 Å². The summed E-state index contributed by atoms with van der Waals surface area (Å²) in [7, 11) is 0. The molecule has 2 saturated carbocycles. The summed E-state index contributed by atoms with van der Waals surface area (Å²) in [6.07, 6.45) is 12.9. The standard InChI is InChI=1S/C58H48N2O/c1-4-16-39(17-5-1)56-59-53(55-54(60-56)44-21-7-9-25-51(44)61-55)38-28-26-37(27-29-38)40-18-14-19-41(34-40)42-22-15-24-48-52(42)46-36-49-45(35-50(46)58(48)32-12-3-13-33-58)43-20-6-8-23-47(43)57(49)30-10-2-11-31-57/h1,4-9,14-29,34-36,53H,2-3,10-13,30-33H2,(H,59,60). The molecule has 3 heteroatoms. The Balaban J connectivity index is 0.911. The lowest BCUT2D eigenvalue weighted by atomic mass is 9.66. The Morgan fingerprint density at radius 2 is 1.08 bits per heavy atom. The molecule has 4 aliphatic carbocycles. The Labute approximate surface area is 358 Å². The van der Waals surface area contributed by atoms with E-state index < -0.39 is 0 Å². The van der Waals surface area contributed by atoms with Crippen LogP contribution in [0.2, 0.25) is 0 Å². The fourth-order valence-corrected chi connectivity index (χ4v) is 12.5. The van der Waals surface area contributed by atoms with Crippen LogP contribution < -0.4 is 5.32 Å². The first kappa shape index (κ1) is 35.3. The van der Waals surface area contributed by atoms with Gasteiger partial charge in [0.15, 0.2) is 5.76 Å². The Bertz CT molecular complexity index is 3060. The second-order valence-electron chi connectivity index (χ2n) is 18.4. The van der Waals surface area contributed by atoms with Crippen molar-refractivity contribution in [1.82, 2.24) is 0 Å². The molecular formula is C58H48N2O. The van der Waals surface area contributed by atoms with Gasteiger partial charge in [0.05, 0.1) is 5.69 Å². The van der Waals surface area contributed by atoms with E-state index in [1.165, 1.54) is 109 Å². The minimum Gasteiger partial charge on any atom is -0.456 e. The highest BCUT2D eigenvalue weighted by Gasteiger charge is 2.49. The topological polar surface area (TPSA) is 37.5 Å². The van der Waals surface area contributed by atoms with Crippen molar-refractivity contribution in [2.45, 2.75) is 81.1 Å². The number of fused-ring (bicyclic) bond motifs is 13. The smallest absolute Gasteiger partial charge is 0.157 e. The molecule has 0 saturated heterocycles. The maximum atomic E-state index is 6.53. The SMILES string of the molecule is c1ccc(C2=NC(c3ccc(-c4cccc(-c5cccc6c5-c5cc7c(cc5C65CCCCC5)-c5ccccc5C75CCCCC5)c4)cc3)c3oc4ccccc4c3N2)cc1. The van der Waals surface area contributed by atoms with Gasteiger partial charge in [-0.15, -0.1) is 0 Å². The summed E-state index contributed by atoms with van der Waals surface area (Å²) in [4.78, 5) is 5.28. The maximum Gasteiger partial charge on any atom is 0.157 e. The normalized spacial score (nSPS) is 18.8. The van der Waals surface area contributed by atoms with E-state index in [9.17, 15) is 0 Å². The average molecular weight is 789 g/mol. The molecule has 2 spiro atoms. The van der Waals surface area contributed by atoms with Crippen molar-refractivity contribution in [1.29, 1.82) is 0 Å². The van der Waals surface area contributed by atoms with Gasteiger partial charge in [-0.3, -0.25) is 4.99 Å². The lowest BCUT2D eigenvalue weighted by Crippen LogP contribution is -2.29. The zero-order valence-electron chi connectivity index (χ0n) is 34.5. The van der Waals surface area contributed by atoms with Crippen molar-refractivity contribution in [2.24, 2.45) is 4.99 Å². The predicted molar refractivity (Wildman–Crippen MR) is 251 cm³/mol. The average Bonchev–Trinajstić information content (AvgIpc) is 3.93. The summed E-state index contributed by atoms with van der Waals surface area (Å²) in [6.45, 7) is 0. The minimum absolute atomic E-state index is 0.0792. The molecule has 5 aliphatic rings. The number of benzene rings is 7. The molecule has 1 N–H and O–H groups in total. The molecule has 0 bridgehead atoms. The van der Waals surface area contributed by atoms with E-state index in [2.05, 4.69) is 145 Å². The molecule has 2 heterocycles. The van der Waals surface area contributed by atoms with Crippen LogP contribution in [-0.2, 0) is 10.8 Å². The first-order valence-electron chi connectivity index (χ1n) is 22.7. The van der Waals surface area contributed by atoms with Crippen molar-refractivity contribution in [3.05, 3.63) is 197 Å². The lowest BCUT2D eigenvalue weighted by Gasteiger charge is -2.37. The van der Waals surface area contributed by atoms with Crippen LogP contribution in [0, 0.1) is 0 Å². The number of amidine groups is 1. The van der Waals surface area contributed by atoms with Gasteiger partial charge in [0, 0.05) is 21.8 Å². The van der Waals surface area contributed by atoms with E-state index in [0.717, 1.165) is 39.4 Å². The first-order valence-corrected chi connectivity index (χ1v) is 22.7. The summed E-state index contributed by atoms with van der Waals surface area (Å²) in [5.41, 5.74) is 21.6. The summed E-state index contributed by atoms with van der Waals surface area (Å²) in [6, 6.07) is 58.8. The van der Waals surface area contributed by atoms with Crippen molar-refractivity contribution >= 4 is 22.5 Å². The fourth-order valence-electron chi connectivity index (χ4n) is 12.5. The number of hydrogen-bond donors (Lipinski definition) is 1. The van der Waals surface area contributed by atoms with Gasteiger partial charge >= 0.3 is 0 Å². The molecule has 296 valence electrons. The number of nitrogens with one attached hydrogen (secondary N) is 1. The van der Waals surface area contributed by atoms with Crippen LogP contribution in [0.5, 0.6) is 0 Å². The van der Waals surface area contributed by atoms with Gasteiger partial charge in [0.25, 0.3) is 0 Å². The van der Waals surface area contributed by atoms with Crippen LogP contribution in [0.4, 0.5) is 5.69 Å². The van der Waals surface area contributed by atoms with Gasteiger partial charge in [0.1, 0.15) is 17.5 Å². The third-order valence-electron chi connectivity index (χ3n) is 15.3. The van der Waals surface area contributed by atoms with Crippen LogP contribution in [-0.4, -0.2) is 5.84 Å². The molecule has 3 nitrogen and oxygen atoms in total. The molecule has 7 aromatic carbocycles. The number of aliphatic imine (C=N–C) groups is 1. The number of para-hydroxylation sites is 1. The third-order valence-corrected chi connectivity index (χ3v) is 15.3. The van der Waals surface area contributed by atoms with Gasteiger partial charge in [-0.05, 0) is 128 Å². The zero-order chi connectivity index (χ0) is 40.1. The first-order chi connectivity index (χ1) is 30.2. The summed E-state index contributed by atoms with van der Waals surface area (Å²) < 4.78 is 6.53. The maximum absolute atomic E-state index is 6.53. The second-order valence-corrected chi connectivity index (χ2v) is 18.4. The quantitative estimate of drug-likeness (QED) is 0.193. The zero-order valence-corrected chi connectivity index (χ0v) is 34.5. The summed E-state index contributed by atoms with van der Waals surface area (Å²) in [5, 5.41) is 4.70. The van der Waals surface area contributed by atoms with E-state index in [-0.39, 0.29) is 16.9 Å². The molecule has 2 fully saturated rings. The highest BCUT2D eigenvalue weighted by molar-refractivity contribution is 6.14. The molecule has 0 radical (unpaired) electrons. The highest BCUT2D eigenvalue weighted by atomic mass is 16.3. The second kappa shape index (κ2) is 13.5. The van der Waals surface area contributed by atoms with Crippen LogP contribution in [0.1, 0.15) is 109 Å². The molecule has 13 rings (SSSR count). The molecule has 1 unspecified atom stereocenters. The van der Waals surface area contributed by atoms with Crippen LogP contribution in [0.25, 0.3) is 55.5 Å². The highest BCUT2D eigenvalue weighted by Crippen LogP contribution is 2.63. The van der Waals surface area contributed by atoms with Crippen LogP contribution in [0.3, 0.4) is 0 Å². The molecule has 1 atom stereocenters. The van der Waals surface area contributed by atoms with E-state index in [1.807, 2.05) is 18.2 Å². The Hall–Kier alpha value is -6.45. The van der Waals surface area contributed by atoms with Gasteiger partial charge < -0.3 is 9.73 Å². The number of rotatable bonds is 4. The van der Waals surface area contributed by atoms with Crippen molar-refractivity contribution in [2.75, 3.05) is 5.32 Å². The van der Waals surface area contributed by atoms with Gasteiger partial charge in [-0.2, -0.15) is 0 Å². The Morgan fingerprint density at radius 1 is 0.459 bits per heavy atom. The summed E-state index contributed by atoms with van der Waals surface area (Å²) in [5.74, 6) is 1.71. The summed E-state index contributed by atoms with van der Waals surface area (Å²) >= 11 is 0. The van der Waals surface area contributed by atoms with E-state index >= 15 is 0 Å². The number of anilines is 1. The Morgan fingerprint density at radius 3 is 1.90 bits per heavy atom. The predicted octanol–water partition coefficient (Wildman–Crippen LogP) is 15.2. The molecule has 0 amide bonds. The number of furan rings is 1. The molecule has 1 aliphatic heterocycles. The van der Waals surface area contributed by atoms with E-state index in [4.69, 9.17) is 9.41 Å². The number of hydrogen-bond acceptors (Lipinski definition) is 3. The van der Waals surface area contributed by atoms with Gasteiger partial charge in [-0.1, -0.05) is 166 Å². The molecule has 8 aromatic rings. The molecule has 1 aromatic heterocycles. The van der Waals surface area contributed by atoms with Crippen molar-refractivity contribution in [3.63, 3.8) is 0 Å². The van der Waals surface area contributed by atoms with Crippen LogP contribution >= 0.6 is 0 Å². The van der Waals surface area contributed by atoms with E-state index in [0.29, 0.717) is 0 Å². The van der Waals surface area contributed by atoms with Crippen LogP contribution in [0.15, 0.2) is 167 Å². The van der Waals surface area contributed by atoms with Crippen molar-refractivity contribution < 1.29 is 4.42 Å². The molecule has 61 heavy (non-hydrogen) atoms. The largest absolute Gasteiger partial charge is 0.456 e. The lowest BCUT2D eigenvalue weighted by molar-refractivity contribution is 0.350. The number of nitrogens with zero attached hydrogens (tertiary/aromatic N) is 1. The minimum atomic E-state index is -0.264.